The predicted octanol–water partition coefficient (Wildman–Crippen LogP) is 2.61. The van der Waals surface area contributed by atoms with E-state index >= 15 is 0 Å². The first kappa shape index (κ1) is 18.8. The molecule has 0 saturated carbocycles. The van der Waals surface area contributed by atoms with Gasteiger partial charge in [0.25, 0.3) is 5.69 Å². The second-order valence-electron chi connectivity index (χ2n) is 6.20. The van der Waals surface area contributed by atoms with Crippen molar-refractivity contribution in [2.75, 3.05) is 19.6 Å². The van der Waals surface area contributed by atoms with Gasteiger partial charge < -0.3 is 5.73 Å². The third kappa shape index (κ3) is 3.45. The van der Waals surface area contributed by atoms with Gasteiger partial charge in [-0.2, -0.15) is 4.31 Å². The number of benzene rings is 2. The Balaban J connectivity index is 1.99. The number of nitro groups is 1. The highest BCUT2D eigenvalue weighted by molar-refractivity contribution is 7.89. The topological polar surface area (TPSA) is 107 Å². The molecule has 1 aliphatic heterocycles. The smallest absolute Gasteiger partial charge is 0.289 e. The lowest BCUT2D eigenvalue weighted by Crippen LogP contribution is -2.30. The molecule has 0 aromatic heterocycles. The van der Waals surface area contributed by atoms with Crippen LogP contribution < -0.4 is 5.73 Å². The lowest BCUT2D eigenvalue weighted by molar-refractivity contribution is -0.387. The normalized spacial score (nSPS) is 21.0. The van der Waals surface area contributed by atoms with Gasteiger partial charge in [-0.1, -0.05) is 41.9 Å². The molecule has 2 N–H and O–H groups in total. The Morgan fingerprint density at radius 2 is 1.88 bits per heavy atom. The second kappa shape index (κ2) is 7.32. The van der Waals surface area contributed by atoms with Crippen LogP contribution in [0.3, 0.4) is 0 Å². The third-order valence-corrected chi connectivity index (χ3v) is 6.77. The van der Waals surface area contributed by atoms with Crippen LogP contribution >= 0.6 is 11.6 Å². The van der Waals surface area contributed by atoms with E-state index in [4.69, 9.17) is 17.3 Å². The average molecular weight is 396 g/mol. The quantitative estimate of drug-likeness (QED) is 0.618. The summed E-state index contributed by atoms with van der Waals surface area (Å²) in [6.07, 6.45) is 0. The van der Waals surface area contributed by atoms with Crippen LogP contribution in [0.15, 0.2) is 53.4 Å². The monoisotopic (exact) mass is 395 g/mol. The molecule has 3 rings (SSSR count). The fraction of sp³-hybridized carbons (Fsp3) is 0.294. The maximum Gasteiger partial charge on any atom is 0.289 e. The molecule has 0 bridgehead atoms. The maximum absolute atomic E-state index is 13.1. The molecule has 0 unspecified atom stereocenters. The van der Waals surface area contributed by atoms with Crippen LogP contribution in [-0.4, -0.2) is 37.3 Å². The van der Waals surface area contributed by atoms with E-state index in [1.165, 1.54) is 10.4 Å². The van der Waals surface area contributed by atoms with Crippen molar-refractivity contribution in [3.8, 4) is 0 Å². The molecule has 0 spiro atoms. The van der Waals surface area contributed by atoms with Crippen molar-refractivity contribution in [3.05, 3.63) is 69.2 Å². The van der Waals surface area contributed by atoms with Gasteiger partial charge in [-0.25, -0.2) is 8.42 Å². The third-order valence-electron chi connectivity index (χ3n) is 4.67. The summed E-state index contributed by atoms with van der Waals surface area (Å²) in [6, 6.07) is 13.1. The van der Waals surface area contributed by atoms with Crippen LogP contribution in [0.25, 0.3) is 0 Å². The molecule has 138 valence electrons. The summed E-state index contributed by atoms with van der Waals surface area (Å²) in [5.74, 6) is -0.125. The molecular formula is C17H18ClN3O4S. The SMILES string of the molecule is NC[C@@H]1CN(S(=O)(=O)c2cc(Cl)ccc2[N+](=O)[O-])C[C@H]1c1ccccc1. The molecule has 0 radical (unpaired) electrons. The Morgan fingerprint density at radius 3 is 2.50 bits per heavy atom. The minimum atomic E-state index is -4.07. The molecule has 2 aromatic rings. The zero-order chi connectivity index (χ0) is 18.9. The number of halogens is 1. The van der Waals surface area contributed by atoms with Crippen molar-refractivity contribution < 1.29 is 13.3 Å². The molecule has 7 nitrogen and oxygen atoms in total. The van der Waals surface area contributed by atoms with E-state index < -0.39 is 20.6 Å². The lowest BCUT2D eigenvalue weighted by atomic mass is 9.89. The van der Waals surface area contributed by atoms with Crippen LogP contribution in [0.5, 0.6) is 0 Å². The molecule has 1 aliphatic rings. The Bertz CT molecular complexity index is 921. The molecule has 0 aliphatic carbocycles. The summed E-state index contributed by atoms with van der Waals surface area (Å²) in [6.45, 7) is 0.753. The van der Waals surface area contributed by atoms with Crippen LogP contribution in [0.4, 0.5) is 5.69 Å². The lowest BCUT2D eigenvalue weighted by Gasteiger charge is -2.17. The van der Waals surface area contributed by atoms with Crippen molar-refractivity contribution in [1.82, 2.24) is 4.31 Å². The van der Waals surface area contributed by atoms with E-state index in [0.29, 0.717) is 6.54 Å². The number of hydrogen-bond acceptors (Lipinski definition) is 5. The Labute approximate surface area is 156 Å². The minimum Gasteiger partial charge on any atom is -0.330 e. The van der Waals surface area contributed by atoms with Gasteiger partial charge in [-0.05, 0) is 30.2 Å². The summed E-state index contributed by atoms with van der Waals surface area (Å²) in [7, 11) is -4.07. The number of nitrogens with zero attached hydrogens (tertiary/aromatic N) is 2. The molecule has 2 aromatic carbocycles. The number of rotatable bonds is 5. The molecule has 26 heavy (non-hydrogen) atoms. The summed E-state index contributed by atoms with van der Waals surface area (Å²) >= 11 is 5.89. The highest BCUT2D eigenvalue weighted by Crippen LogP contribution is 2.37. The zero-order valence-corrected chi connectivity index (χ0v) is 15.4. The number of sulfonamides is 1. The van der Waals surface area contributed by atoms with Crippen LogP contribution in [0.2, 0.25) is 5.02 Å². The molecule has 1 heterocycles. The highest BCUT2D eigenvalue weighted by atomic mass is 35.5. The molecule has 0 amide bonds. The van der Waals surface area contributed by atoms with E-state index in [9.17, 15) is 18.5 Å². The van der Waals surface area contributed by atoms with Gasteiger partial charge in [0.2, 0.25) is 10.0 Å². The van der Waals surface area contributed by atoms with Crippen LogP contribution in [-0.2, 0) is 10.0 Å². The number of nitro benzene ring substituents is 1. The Hall–Kier alpha value is -2.00. The van der Waals surface area contributed by atoms with Gasteiger partial charge in [0.15, 0.2) is 4.90 Å². The van der Waals surface area contributed by atoms with Gasteiger partial charge in [-0.15, -0.1) is 0 Å². The average Bonchev–Trinajstić information content (AvgIpc) is 3.07. The molecule has 1 fully saturated rings. The highest BCUT2D eigenvalue weighted by Gasteiger charge is 2.41. The minimum absolute atomic E-state index is 0.0609. The van der Waals surface area contributed by atoms with Gasteiger partial charge >= 0.3 is 0 Å². The first-order chi connectivity index (χ1) is 12.3. The van der Waals surface area contributed by atoms with E-state index in [2.05, 4.69) is 0 Å². The standard InChI is InChI=1S/C17H18ClN3O4S/c18-14-6-7-16(21(22)23)17(8-14)26(24,25)20-10-13(9-19)15(11-20)12-4-2-1-3-5-12/h1-8,13,15H,9-11,19H2/t13-,15+/m1/s1. The zero-order valence-electron chi connectivity index (χ0n) is 13.8. The fourth-order valence-corrected chi connectivity index (χ4v) is 5.27. The van der Waals surface area contributed by atoms with Gasteiger partial charge in [-0.3, -0.25) is 10.1 Å². The Kier molecular flexibility index (Phi) is 5.29. The van der Waals surface area contributed by atoms with Gasteiger partial charge in [0.05, 0.1) is 4.92 Å². The maximum atomic E-state index is 13.1. The van der Waals surface area contributed by atoms with Crippen LogP contribution in [0.1, 0.15) is 11.5 Å². The number of nitrogens with two attached hydrogens (primary N) is 1. The van der Waals surface area contributed by atoms with Crippen molar-refractivity contribution >= 4 is 27.3 Å². The Morgan fingerprint density at radius 1 is 1.19 bits per heavy atom. The van der Waals surface area contributed by atoms with Crippen molar-refractivity contribution in [2.45, 2.75) is 10.8 Å². The first-order valence-electron chi connectivity index (χ1n) is 8.03. The van der Waals surface area contributed by atoms with E-state index in [1.54, 1.807) is 0 Å². The summed E-state index contributed by atoms with van der Waals surface area (Å²) in [5, 5.41) is 11.4. The molecular weight excluding hydrogens is 378 g/mol. The van der Waals surface area contributed by atoms with Gasteiger partial charge in [0, 0.05) is 30.1 Å². The summed E-state index contributed by atoms with van der Waals surface area (Å²) < 4.78 is 27.4. The molecule has 9 heteroatoms. The van der Waals surface area contributed by atoms with Crippen molar-refractivity contribution in [1.29, 1.82) is 0 Å². The van der Waals surface area contributed by atoms with E-state index in [0.717, 1.165) is 17.7 Å². The van der Waals surface area contributed by atoms with E-state index in [1.807, 2.05) is 30.3 Å². The molecule has 2 atom stereocenters. The van der Waals surface area contributed by atoms with Gasteiger partial charge in [0.1, 0.15) is 0 Å². The largest absolute Gasteiger partial charge is 0.330 e. The summed E-state index contributed by atoms with van der Waals surface area (Å²) in [5.41, 5.74) is 6.37. The fourth-order valence-electron chi connectivity index (χ4n) is 3.33. The predicted molar refractivity (Wildman–Crippen MR) is 98.6 cm³/mol. The number of hydrogen-bond donors (Lipinski definition) is 1. The summed E-state index contributed by atoms with van der Waals surface area (Å²) in [4.78, 5) is 10.2. The van der Waals surface area contributed by atoms with Crippen molar-refractivity contribution in [3.63, 3.8) is 0 Å². The second-order valence-corrected chi connectivity index (χ2v) is 8.55. The van der Waals surface area contributed by atoms with E-state index in [-0.39, 0.29) is 34.8 Å². The molecule has 1 saturated heterocycles. The first-order valence-corrected chi connectivity index (χ1v) is 9.85. The van der Waals surface area contributed by atoms with Crippen LogP contribution in [0, 0.1) is 16.0 Å². The van der Waals surface area contributed by atoms with Crippen molar-refractivity contribution in [2.24, 2.45) is 11.7 Å².